The van der Waals surface area contributed by atoms with Gasteiger partial charge < -0.3 is 54.3 Å². The van der Waals surface area contributed by atoms with Crippen LogP contribution in [0.3, 0.4) is 0 Å². The van der Waals surface area contributed by atoms with E-state index in [2.05, 4.69) is 0 Å². The van der Waals surface area contributed by atoms with E-state index in [4.69, 9.17) is 23.7 Å². The zero-order valence-corrected chi connectivity index (χ0v) is 20.6. The van der Waals surface area contributed by atoms with E-state index in [9.17, 15) is 30.6 Å². The second-order valence-electron chi connectivity index (χ2n) is 9.35. The highest BCUT2D eigenvalue weighted by atomic mass is 16.7. The molecule has 0 amide bonds. The SMILES string of the molecule is COc1cc(C[C@@H]2CO[C@@H](c3ccc(O)c(OC)c3)[C@H]2CO[C@@H]2O[C@H](CO)[C@@H](O)[C@H](O)[C@H]2O)ccc1O. The third kappa shape index (κ3) is 5.78. The Morgan fingerprint density at radius 3 is 2.24 bits per heavy atom. The van der Waals surface area contributed by atoms with Gasteiger partial charge in [-0.1, -0.05) is 12.1 Å². The van der Waals surface area contributed by atoms with E-state index in [0.29, 0.717) is 24.5 Å². The summed E-state index contributed by atoms with van der Waals surface area (Å²) in [7, 11) is 2.93. The van der Waals surface area contributed by atoms with Crippen LogP contribution in [0, 0.1) is 11.8 Å². The highest BCUT2D eigenvalue weighted by molar-refractivity contribution is 5.43. The minimum absolute atomic E-state index is 0.00824. The van der Waals surface area contributed by atoms with E-state index in [1.165, 1.54) is 20.3 Å². The van der Waals surface area contributed by atoms with Crippen LogP contribution in [-0.4, -0.2) is 95.4 Å². The quantitative estimate of drug-likeness (QED) is 0.271. The molecular formula is C26H34O11. The Bertz CT molecular complexity index is 1050. The van der Waals surface area contributed by atoms with Crippen molar-refractivity contribution >= 4 is 0 Å². The normalized spacial score (nSPS) is 31.8. The number of methoxy groups -OCH3 is 2. The lowest BCUT2D eigenvalue weighted by Gasteiger charge is -2.40. The fourth-order valence-electron chi connectivity index (χ4n) is 4.93. The Morgan fingerprint density at radius 1 is 0.892 bits per heavy atom. The van der Waals surface area contributed by atoms with E-state index in [1.807, 2.05) is 0 Å². The van der Waals surface area contributed by atoms with E-state index in [1.54, 1.807) is 30.3 Å². The molecule has 8 atom stereocenters. The van der Waals surface area contributed by atoms with Crippen LogP contribution in [0.2, 0.25) is 0 Å². The van der Waals surface area contributed by atoms with Gasteiger partial charge in [0.2, 0.25) is 0 Å². The predicted octanol–water partition coefficient (Wildman–Crippen LogP) is 0.478. The number of rotatable bonds is 9. The van der Waals surface area contributed by atoms with E-state index in [-0.39, 0.29) is 29.9 Å². The number of benzene rings is 2. The first kappa shape index (κ1) is 27.4. The van der Waals surface area contributed by atoms with Crippen molar-refractivity contribution in [2.75, 3.05) is 34.0 Å². The Kier molecular flexibility index (Phi) is 8.75. The standard InChI is InChI=1S/C26H34O11/c1-33-19-8-13(3-5-17(19)28)7-15-11-35-25(14-4-6-18(29)20(9-14)34-2)16(15)12-36-26-24(32)23(31)22(30)21(10-27)37-26/h3-6,8-9,15-16,21-32H,7,10-12H2,1-2H3/t15-,16+,21-,22-,23+,24-,25+,26-/m1/s1. The van der Waals surface area contributed by atoms with Crippen LogP contribution in [0.5, 0.6) is 23.0 Å². The lowest BCUT2D eigenvalue weighted by Crippen LogP contribution is -2.59. The molecule has 0 unspecified atom stereocenters. The second kappa shape index (κ2) is 11.8. The Hall–Kier alpha value is -2.64. The molecule has 0 spiro atoms. The summed E-state index contributed by atoms with van der Waals surface area (Å²) in [5.41, 5.74) is 1.66. The minimum Gasteiger partial charge on any atom is -0.504 e. The van der Waals surface area contributed by atoms with Crippen LogP contribution >= 0.6 is 0 Å². The number of hydrogen-bond acceptors (Lipinski definition) is 11. The molecule has 2 heterocycles. The van der Waals surface area contributed by atoms with Crippen molar-refractivity contribution in [3.8, 4) is 23.0 Å². The van der Waals surface area contributed by atoms with Crippen molar-refractivity contribution in [1.82, 2.24) is 0 Å². The van der Waals surface area contributed by atoms with Gasteiger partial charge in [0.05, 0.1) is 40.1 Å². The van der Waals surface area contributed by atoms with Crippen LogP contribution in [0.15, 0.2) is 36.4 Å². The van der Waals surface area contributed by atoms with Crippen LogP contribution in [0.4, 0.5) is 0 Å². The molecule has 2 aliphatic rings. The topological polar surface area (TPSA) is 168 Å². The Labute approximate surface area is 214 Å². The van der Waals surface area contributed by atoms with Gasteiger partial charge in [-0.25, -0.2) is 0 Å². The molecule has 4 rings (SSSR count). The number of phenols is 2. The van der Waals surface area contributed by atoms with Gasteiger partial charge in [0, 0.05) is 5.92 Å². The summed E-state index contributed by atoms with van der Waals surface area (Å²) in [6.45, 7) is -0.130. The first-order valence-electron chi connectivity index (χ1n) is 12.0. The first-order chi connectivity index (χ1) is 17.8. The molecule has 11 nitrogen and oxygen atoms in total. The molecule has 0 aliphatic carbocycles. The van der Waals surface area contributed by atoms with Gasteiger partial charge in [0.15, 0.2) is 29.3 Å². The Morgan fingerprint density at radius 2 is 1.57 bits per heavy atom. The highest BCUT2D eigenvalue weighted by Gasteiger charge is 2.45. The molecule has 2 aromatic rings. The molecular weight excluding hydrogens is 488 g/mol. The molecule has 0 saturated carbocycles. The van der Waals surface area contributed by atoms with Crippen LogP contribution in [0.25, 0.3) is 0 Å². The molecule has 2 fully saturated rings. The van der Waals surface area contributed by atoms with E-state index < -0.39 is 43.4 Å². The summed E-state index contributed by atoms with van der Waals surface area (Å²) < 4.78 is 28.1. The fourth-order valence-corrected chi connectivity index (χ4v) is 4.93. The summed E-state index contributed by atoms with van der Waals surface area (Å²) in [5, 5.41) is 60.0. The van der Waals surface area contributed by atoms with Gasteiger partial charge in [0.1, 0.15) is 24.4 Å². The van der Waals surface area contributed by atoms with Crippen molar-refractivity contribution in [3.63, 3.8) is 0 Å². The van der Waals surface area contributed by atoms with Gasteiger partial charge in [0.25, 0.3) is 0 Å². The van der Waals surface area contributed by atoms with Crippen molar-refractivity contribution < 1.29 is 54.3 Å². The lowest BCUT2D eigenvalue weighted by molar-refractivity contribution is -0.304. The molecule has 37 heavy (non-hydrogen) atoms. The van der Waals surface area contributed by atoms with Crippen LogP contribution in [-0.2, 0) is 20.6 Å². The van der Waals surface area contributed by atoms with Crippen molar-refractivity contribution in [1.29, 1.82) is 0 Å². The molecule has 204 valence electrons. The summed E-state index contributed by atoms with van der Waals surface area (Å²) in [5.74, 6) is 0.341. The molecule has 2 saturated heterocycles. The summed E-state index contributed by atoms with van der Waals surface area (Å²) in [6.07, 6.45) is -6.81. The summed E-state index contributed by atoms with van der Waals surface area (Å²) >= 11 is 0. The molecule has 0 aromatic heterocycles. The summed E-state index contributed by atoms with van der Waals surface area (Å²) in [6, 6.07) is 10.0. The molecule has 2 aliphatic heterocycles. The molecule has 11 heteroatoms. The average molecular weight is 523 g/mol. The second-order valence-corrected chi connectivity index (χ2v) is 9.35. The lowest BCUT2D eigenvalue weighted by atomic mass is 9.84. The minimum atomic E-state index is -1.55. The van der Waals surface area contributed by atoms with Gasteiger partial charge in [-0.05, 0) is 47.7 Å². The maximum atomic E-state index is 10.4. The maximum Gasteiger partial charge on any atom is 0.186 e. The number of hydrogen-bond donors (Lipinski definition) is 6. The molecule has 2 aromatic carbocycles. The smallest absolute Gasteiger partial charge is 0.186 e. The fraction of sp³-hybridized carbons (Fsp3) is 0.538. The van der Waals surface area contributed by atoms with Gasteiger partial charge in [-0.15, -0.1) is 0 Å². The number of aliphatic hydroxyl groups excluding tert-OH is 4. The largest absolute Gasteiger partial charge is 0.504 e. The maximum absolute atomic E-state index is 10.4. The number of aliphatic hydroxyl groups is 4. The van der Waals surface area contributed by atoms with Gasteiger partial charge in [-0.3, -0.25) is 0 Å². The van der Waals surface area contributed by atoms with E-state index >= 15 is 0 Å². The number of aromatic hydroxyl groups is 2. The Balaban J connectivity index is 1.57. The number of ether oxygens (including phenoxy) is 5. The third-order valence-electron chi connectivity index (χ3n) is 7.06. The van der Waals surface area contributed by atoms with Gasteiger partial charge in [-0.2, -0.15) is 0 Å². The van der Waals surface area contributed by atoms with E-state index in [0.717, 1.165) is 11.1 Å². The van der Waals surface area contributed by atoms with Crippen molar-refractivity contribution in [2.45, 2.75) is 43.2 Å². The first-order valence-corrected chi connectivity index (χ1v) is 12.0. The zero-order chi connectivity index (χ0) is 26.7. The monoisotopic (exact) mass is 522 g/mol. The predicted molar refractivity (Wildman–Crippen MR) is 128 cm³/mol. The highest BCUT2D eigenvalue weighted by Crippen LogP contribution is 2.43. The molecule has 0 radical (unpaired) electrons. The molecule has 6 N–H and O–H groups in total. The van der Waals surface area contributed by atoms with Crippen molar-refractivity contribution in [3.05, 3.63) is 47.5 Å². The molecule has 0 bridgehead atoms. The average Bonchev–Trinajstić information content (AvgIpc) is 3.30. The van der Waals surface area contributed by atoms with Gasteiger partial charge >= 0.3 is 0 Å². The van der Waals surface area contributed by atoms with Crippen LogP contribution < -0.4 is 9.47 Å². The third-order valence-corrected chi connectivity index (χ3v) is 7.06. The van der Waals surface area contributed by atoms with Crippen molar-refractivity contribution in [2.24, 2.45) is 11.8 Å². The van der Waals surface area contributed by atoms with Crippen LogP contribution in [0.1, 0.15) is 17.2 Å². The summed E-state index contributed by atoms with van der Waals surface area (Å²) in [4.78, 5) is 0. The zero-order valence-electron chi connectivity index (χ0n) is 20.6. The number of phenolic OH excluding ortho intramolecular Hbond substituents is 2.